The summed E-state index contributed by atoms with van der Waals surface area (Å²) in [5, 5.41) is 0. The number of aryl methyl sites for hydroxylation is 1. The van der Waals surface area contributed by atoms with Crippen molar-refractivity contribution in [1.82, 2.24) is 4.90 Å². The zero-order valence-electron chi connectivity index (χ0n) is 25.5. The summed E-state index contributed by atoms with van der Waals surface area (Å²) >= 11 is 7.11. The van der Waals surface area contributed by atoms with Crippen LogP contribution in [0.1, 0.15) is 74.7 Å². The second-order valence-corrected chi connectivity index (χ2v) is 13.9. The molecular weight excluding hydrogens is 591 g/mol. The average Bonchev–Trinajstić information content (AvgIpc) is 3.83. The van der Waals surface area contributed by atoms with E-state index < -0.39 is 0 Å². The van der Waals surface area contributed by atoms with E-state index in [1.165, 1.54) is 31.0 Å². The number of thiocarbonyl (C=S) groups is 1. The lowest BCUT2D eigenvalue weighted by molar-refractivity contribution is -0.124. The van der Waals surface area contributed by atoms with Crippen LogP contribution in [0.15, 0.2) is 63.9 Å². The number of hydrogen-bond acceptors (Lipinski definition) is 7. The first-order valence-corrected chi connectivity index (χ1v) is 16.8. The molecule has 0 N–H and O–H groups in total. The van der Waals surface area contributed by atoms with Gasteiger partial charge in [-0.1, -0.05) is 67.7 Å². The minimum atomic E-state index is -0.118. The molecule has 0 radical (unpaired) electrons. The minimum Gasteiger partial charge on any atom is -0.497 e. The van der Waals surface area contributed by atoms with E-state index in [4.69, 9.17) is 26.1 Å². The fourth-order valence-corrected chi connectivity index (χ4v) is 8.37. The second kappa shape index (κ2) is 13.3. The maximum atomic E-state index is 13.7. The summed E-state index contributed by atoms with van der Waals surface area (Å²) in [6.07, 6.45) is 9.43. The number of fused-ring (bicyclic) bond motifs is 2. The number of ether oxygens (including phenoxy) is 2. The Hall–Kier alpha value is -3.36. The van der Waals surface area contributed by atoms with Crippen LogP contribution in [0, 0.1) is 11.8 Å². The van der Waals surface area contributed by atoms with E-state index in [2.05, 4.69) is 0 Å². The fourth-order valence-electron chi connectivity index (χ4n) is 7.02. The molecule has 2 heterocycles. The summed E-state index contributed by atoms with van der Waals surface area (Å²) in [4.78, 5) is 29.1. The summed E-state index contributed by atoms with van der Waals surface area (Å²) in [6.45, 7) is 1.98. The Balaban J connectivity index is 1.22. The van der Waals surface area contributed by atoms with Gasteiger partial charge in [-0.15, -0.1) is 0 Å². The zero-order valence-corrected chi connectivity index (χ0v) is 27.2. The Morgan fingerprint density at radius 3 is 2.48 bits per heavy atom. The predicted octanol–water partition coefficient (Wildman–Crippen LogP) is 8.44. The number of ketones is 1. The Kier molecular flexibility index (Phi) is 9.29. The quantitative estimate of drug-likeness (QED) is 0.113. The molecule has 1 aliphatic heterocycles. The second-order valence-electron chi connectivity index (χ2n) is 12.2. The van der Waals surface area contributed by atoms with E-state index >= 15 is 0 Å². The number of carbonyl (C=O) groups is 2. The lowest BCUT2D eigenvalue weighted by Gasteiger charge is -2.30. The lowest BCUT2D eigenvalue weighted by atomic mass is 9.93. The number of rotatable bonds is 12. The summed E-state index contributed by atoms with van der Waals surface area (Å²) in [5.41, 5.74) is 2.87. The van der Waals surface area contributed by atoms with Gasteiger partial charge in [0, 0.05) is 36.1 Å². The minimum absolute atomic E-state index is 0.00926. The van der Waals surface area contributed by atoms with Crippen molar-refractivity contribution in [3.8, 4) is 22.8 Å². The van der Waals surface area contributed by atoms with E-state index in [0.29, 0.717) is 44.6 Å². The number of unbranched alkanes of at least 4 members (excludes halogenated alkanes) is 1. The summed E-state index contributed by atoms with van der Waals surface area (Å²) in [6, 6.07) is 17.8. The van der Waals surface area contributed by atoms with E-state index in [1.807, 2.05) is 72.5 Å². The van der Waals surface area contributed by atoms with Gasteiger partial charge in [0.15, 0.2) is 0 Å². The molecule has 230 valence electrons. The molecule has 6 rings (SSSR count). The topological polar surface area (TPSA) is 69.0 Å². The van der Waals surface area contributed by atoms with Gasteiger partial charge in [-0.3, -0.25) is 14.5 Å². The Bertz CT molecular complexity index is 1560. The van der Waals surface area contributed by atoms with Gasteiger partial charge >= 0.3 is 0 Å². The van der Waals surface area contributed by atoms with Gasteiger partial charge in [-0.2, -0.15) is 0 Å². The van der Waals surface area contributed by atoms with Crippen molar-refractivity contribution in [1.29, 1.82) is 0 Å². The van der Waals surface area contributed by atoms with Crippen molar-refractivity contribution in [2.45, 2.75) is 70.3 Å². The van der Waals surface area contributed by atoms with Crippen molar-refractivity contribution in [3.63, 3.8) is 0 Å². The highest BCUT2D eigenvalue weighted by Gasteiger charge is 2.48. The molecule has 2 bridgehead atoms. The molecule has 3 fully saturated rings. The number of nitrogens with zero attached hydrogens (tertiary/aromatic N) is 1. The monoisotopic (exact) mass is 629 g/mol. The fraction of sp³-hybridized carbons (Fsp3) is 0.417. The molecule has 0 spiro atoms. The molecule has 1 saturated heterocycles. The molecular formula is C36H39NO5S2. The van der Waals surface area contributed by atoms with Gasteiger partial charge in [0.25, 0.3) is 5.91 Å². The summed E-state index contributed by atoms with van der Waals surface area (Å²) in [5.74, 6) is 4.05. The van der Waals surface area contributed by atoms with Crippen LogP contribution < -0.4 is 9.47 Å². The molecule has 2 saturated carbocycles. The number of methoxy groups -OCH3 is 2. The van der Waals surface area contributed by atoms with E-state index in [1.54, 1.807) is 14.2 Å². The molecule has 8 heteroatoms. The number of Topliss-reactive ketones (excluding diaryl/α,β-unsaturated/α-hetero) is 1. The highest BCUT2D eigenvalue weighted by molar-refractivity contribution is 8.26. The van der Waals surface area contributed by atoms with Crippen LogP contribution in [-0.2, 0) is 16.0 Å². The maximum Gasteiger partial charge on any atom is 0.266 e. The third kappa shape index (κ3) is 6.38. The number of hydrogen-bond donors (Lipinski definition) is 0. The molecule has 1 aromatic heterocycles. The first-order valence-electron chi connectivity index (χ1n) is 15.6. The molecule has 3 aromatic rings. The summed E-state index contributed by atoms with van der Waals surface area (Å²) < 4.78 is 18.1. The van der Waals surface area contributed by atoms with Gasteiger partial charge in [0.1, 0.15) is 33.1 Å². The number of benzene rings is 2. The normalized spacial score (nSPS) is 22.7. The molecule has 3 aliphatic rings. The molecule has 4 atom stereocenters. The number of carbonyl (C=O) groups excluding carboxylic acids is 2. The van der Waals surface area contributed by atoms with Gasteiger partial charge in [0.2, 0.25) is 0 Å². The van der Waals surface area contributed by atoms with Crippen molar-refractivity contribution in [3.05, 3.63) is 76.4 Å². The highest BCUT2D eigenvalue weighted by Crippen LogP contribution is 2.49. The van der Waals surface area contributed by atoms with Crippen LogP contribution in [0.4, 0.5) is 0 Å². The zero-order chi connectivity index (χ0) is 30.8. The van der Waals surface area contributed by atoms with Crippen molar-refractivity contribution in [2.24, 2.45) is 11.8 Å². The number of thioether (sulfide) groups is 1. The maximum absolute atomic E-state index is 13.7. The van der Waals surface area contributed by atoms with Gasteiger partial charge in [-0.25, -0.2) is 0 Å². The number of amides is 1. The van der Waals surface area contributed by atoms with Crippen LogP contribution in [0.2, 0.25) is 0 Å². The first-order chi connectivity index (χ1) is 21.3. The molecule has 2 aliphatic carbocycles. The van der Waals surface area contributed by atoms with Crippen LogP contribution >= 0.6 is 24.0 Å². The van der Waals surface area contributed by atoms with E-state index in [-0.39, 0.29) is 23.7 Å². The third-order valence-corrected chi connectivity index (χ3v) is 10.8. The van der Waals surface area contributed by atoms with Crippen molar-refractivity contribution >= 4 is 46.1 Å². The third-order valence-electron chi connectivity index (χ3n) is 9.50. The van der Waals surface area contributed by atoms with Crippen molar-refractivity contribution in [2.75, 3.05) is 14.2 Å². The molecule has 3 unspecified atom stereocenters. The molecule has 2 aromatic carbocycles. The van der Waals surface area contributed by atoms with Crippen molar-refractivity contribution < 1.29 is 23.5 Å². The van der Waals surface area contributed by atoms with Gasteiger partial charge < -0.3 is 13.9 Å². The van der Waals surface area contributed by atoms with Crippen LogP contribution in [0.5, 0.6) is 11.5 Å². The van der Waals surface area contributed by atoms with Crippen LogP contribution in [-0.4, -0.2) is 41.2 Å². The molecule has 6 nitrogen and oxygen atoms in total. The Morgan fingerprint density at radius 1 is 1.07 bits per heavy atom. The number of furan rings is 1. The summed E-state index contributed by atoms with van der Waals surface area (Å²) in [7, 11) is 3.24. The SMILES string of the molecule is COc1cc(OC)cc(-c2cc(CCCCC(=O)[C@@H](C)c3ccccc3)c(/C=C3\SC(=S)N(C4CC5CCC4C5)C3=O)o2)c1. The lowest BCUT2D eigenvalue weighted by Crippen LogP contribution is -2.41. The van der Waals surface area contributed by atoms with Crippen LogP contribution in [0.25, 0.3) is 17.4 Å². The smallest absolute Gasteiger partial charge is 0.266 e. The van der Waals surface area contributed by atoms with E-state index in [0.717, 1.165) is 48.3 Å². The Morgan fingerprint density at radius 2 is 1.82 bits per heavy atom. The first kappa shape index (κ1) is 30.7. The largest absolute Gasteiger partial charge is 0.497 e. The van der Waals surface area contributed by atoms with Gasteiger partial charge in [-0.05, 0) is 79.7 Å². The highest BCUT2D eigenvalue weighted by atomic mass is 32.2. The Labute approximate surface area is 269 Å². The molecule has 1 amide bonds. The van der Waals surface area contributed by atoms with E-state index in [9.17, 15) is 9.59 Å². The molecule has 44 heavy (non-hydrogen) atoms. The van der Waals surface area contributed by atoms with Crippen LogP contribution in [0.3, 0.4) is 0 Å². The van der Waals surface area contributed by atoms with Gasteiger partial charge in [0.05, 0.1) is 19.1 Å². The predicted molar refractivity (Wildman–Crippen MR) is 179 cm³/mol. The average molecular weight is 630 g/mol. The standard InChI is InChI=1S/C36H39NO5S2/c1-22(24-9-5-4-6-10-24)31(38)12-8-7-11-26-19-32(27-17-28(40-2)20-29(18-27)41-3)42-33(26)21-34-35(39)37(36(43)44-34)30-16-23-13-14-25(30)15-23/h4-6,9-10,17-23,25,30H,7-8,11-16H2,1-3H3/b34-21-/t22-,23?,25?,30?/m0/s1.